The van der Waals surface area contributed by atoms with Crippen LogP contribution in [0.5, 0.6) is 11.5 Å². The maximum Gasteiger partial charge on any atom is 0.367 e. The molecule has 1 aromatic carbocycles. The van der Waals surface area contributed by atoms with Crippen LogP contribution in [0.25, 0.3) is 6.08 Å². The zero-order chi connectivity index (χ0) is 16.1. The fourth-order valence-electron chi connectivity index (χ4n) is 1.77. The summed E-state index contributed by atoms with van der Waals surface area (Å²) in [6, 6.07) is 5.04. The van der Waals surface area contributed by atoms with Gasteiger partial charge in [-0.05, 0) is 30.7 Å². The largest absolute Gasteiger partial charge is 0.493 e. The van der Waals surface area contributed by atoms with Gasteiger partial charge in [0.1, 0.15) is 0 Å². The van der Waals surface area contributed by atoms with Crippen LogP contribution in [0, 0.1) is 0 Å². The van der Waals surface area contributed by atoms with E-state index in [0.717, 1.165) is 0 Å². The number of ether oxygens (including phenoxy) is 3. The number of hydrogen-bond donors (Lipinski definition) is 0. The van der Waals surface area contributed by atoms with Gasteiger partial charge in [-0.25, -0.2) is 9.59 Å². The highest BCUT2D eigenvalue weighted by molar-refractivity contribution is 6.24. The highest BCUT2D eigenvalue weighted by atomic mass is 16.7. The Balaban J connectivity index is 2.22. The molecule has 1 heterocycles. The van der Waals surface area contributed by atoms with Crippen LogP contribution < -0.4 is 9.47 Å². The molecule has 116 valence electrons. The van der Waals surface area contributed by atoms with Gasteiger partial charge in [0.15, 0.2) is 18.1 Å². The molecule has 22 heavy (non-hydrogen) atoms. The van der Waals surface area contributed by atoms with E-state index in [0.29, 0.717) is 28.3 Å². The third-order valence-electron chi connectivity index (χ3n) is 2.95. The number of hydrogen-bond acceptors (Lipinski definition) is 7. The lowest BCUT2D eigenvalue weighted by atomic mass is 10.1. The molecule has 7 heteroatoms. The number of methoxy groups -OCH3 is 2. The minimum Gasteiger partial charge on any atom is -0.493 e. The zero-order valence-corrected chi connectivity index (χ0v) is 12.4. The van der Waals surface area contributed by atoms with Crippen molar-refractivity contribution >= 4 is 23.7 Å². The van der Waals surface area contributed by atoms with Gasteiger partial charge in [-0.15, -0.1) is 0 Å². The number of rotatable bonds is 5. The molecule has 0 saturated carbocycles. The summed E-state index contributed by atoms with van der Waals surface area (Å²) in [5.41, 5.74) is 1.60. The van der Waals surface area contributed by atoms with E-state index in [9.17, 15) is 9.59 Å². The molecular weight excluding hydrogens is 290 g/mol. The van der Waals surface area contributed by atoms with E-state index in [1.54, 1.807) is 31.2 Å². The first kappa shape index (κ1) is 15.6. The summed E-state index contributed by atoms with van der Waals surface area (Å²) in [6.45, 7) is 1.47. The summed E-state index contributed by atoms with van der Waals surface area (Å²) in [5.74, 6) is -0.162. The normalized spacial score (nSPS) is 15.3. The van der Waals surface area contributed by atoms with Crippen LogP contribution in [-0.2, 0) is 19.2 Å². The molecule has 1 aromatic rings. The molecular formula is C15H15NO6. The zero-order valence-electron chi connectivity index (χ0n) is 12.4. The Morgan fingerprint density at radius 2 is 2.09 bits per heavy atom. The first-order valence-corrected chi connectivity index (χ1v) is 6.41. The first-order valence-electron chi connectivity index (χ1n) is 6.41. The van der Waals surface area contributed by atoms with Gasteiger partial charge < -0.3 is 19.0 Å². The first-order chi connectivity index (χ1) is 10.5. The topological polar surface area (TPSA) is 83.4 Å². The van der Waals surface area contributed by atoms with Gasteiger partial charge in [0.05, 0.1) is 25.5 Å². The number of benzene rings is 1. The predicted octanol–water partition coefficient (Wildman–Crippen LogP) is 1.56. The molecule has 0 saturated heterocycles. The van der Waals surface area contributed by atoms with Crippen LogP contribution >= 0.6 is 0 Å². The van der Waals surface area contributed by atoms with Crippen molar-refractivity contribution in [3.63, 3.8) is 0 Å². The van der Waals surface area contributed by atoms with Crippen molar-refractivity contribution in [3.05, 3.63) is 29.3 Å². The number of oxime groups is 1. The fraction of sp³-hybridized carbons (Fsp3) is 0.267. The molecule has 0 aliphatic carbocycles. The van der Waals surface area contributed by atoms with E-state index in [2.05, 4.69) is 14.7 Å². The maximum absolute atomic E-state index is 11.5. The molecule has 7 nitrogen and oxygen atoms in total. The second kappa shape index (κ2) is 6.75. The highest BCUT2D eigenvalue weighted by Crippen LogP contribution is 2.29. The maximum atomic E-state index is 11.5. The summed E-state index contributed by atoms with van der Waals surface area (Å²) in [7, 11) is 2.76. The van der Waals surface area contributed by atoms with Crippen molar-refractivity contribution in [3.8, 4) is 11.5 Å². The van der Waals surface area contributed by atoms with Gasteiger partial charge in [0, 0.05) is 0 Å². The molecule has 0 atom stereocenters. The Kier molecular flexibility index (Phi) is 4.77. The Hall–Kier alpha value is -2.83. The molecule has 0 fully saturated rings. The van der Waals surface area contributed by atoms with Crippen molar-refractivity contribution in [1.82, 2.24) is 0 Å². The lowest BCUT2D eigenvalue weighted by molar-refractivity contribution is -0.143. The lowest BCUT2D eigenvalue weighted by Gasteiger charge is -2.10. The van der Waals surface area contributed by atoms with E-state index < -0.39 is 11.9 Å². The monoisotopic (exact) mass is 305 g/mol. The Morgan fingerprint density at radius 3 is 2.68 bits per heavy atom. The number of esters is 1. The van der Waals surface area contributed by atoms with Gasteiger partial charge in [0.2, 0.25) is 0 Å². The fourth-order valence-corrected chi connectivity index (χ4v) is 1.77. The summed E-state index contributed by atoms with van der Waals surface area (Å²) in [6.07, 6.45) is 1.64. The second-order valence-corrected chi connectivity index (χ2v) is 4.39. The van der Waals surface area contributed by atoms with Crippen LogP contribution in [-0.4, -0.2) is 38.5 Å². The Bertz CT molecular complexity index is 662. The van der Waals surface area contributed by atoms with Gasteiger partial charge in [-0.1, -0.05) is 11.2 Å². The van der Waals surface area contributed by atoms with E-state index in [-0.39, 0.29) is 6.61 Å². The number of carbonyl (C=O) groups is 2. The lowest BCUT2D eigenvalue weighted by Crippen LogP contribution is -2.13. The van der Waals surface area contributed by atoms with Gasteiger partial charge >= 0.3 is 11.9 Å². The minimum atomic E-state index is -0.498. The molecule has 1 aliphatic heterocycles. The van der Waals surface area contributed by atoms with E-state index in [4.69, 9.17) is 9.47 Å². The van der Waals surface area contributed by atoms with Gasteiger partial charge in [-0.3, -0.25) is 0 Å². The molecule has 0 bridgehead atoms. The minimum absolute atomic E-state index is 0.217. The summed E-state index contributed by atoms with van der Waals surface area (Å²) in [5, 5.41) is 3.60. The molecule has 0 radical (unpaired) electrons. The van der Waals surface area contributed by atoms with Crippen LogP contribution in [0.2, 0.25) is 0 Å². The van der Waals surface area contributed by atoms with Gasteiger partial charge in [0.25, 0.3) is 0 Å². The highest BCUT2D eigenvalue weighted by Gasteiger charge is 2.21. The van der Waals surface area contributed by atoms with Crippen LogP contribution in [0.1, 0.15) is 12.5 Å². The van der Waals surface area contributed by atoms with Crippen LogP contribution in [0.4, 0.5) is 0 Å². The van der Waals surface area contributed by atoms with Crippen molar-refractivity contribution in [2.75, 3.05) is 20.8 Å². The molecule has 0 aromatic heterocycles. The van der Waals surface area contributed by atoms with Crippen molar-refractivity contribution in [2.45, 2.75) is 6.92 Å². The molecule has 0 spiro atoms. The average molecular weight is 305 g/mol. The molecule has 0 amide bonds. The quantitative estimate of drug-likeness (QED) is 0.466. The standard InChI is InChI=1S/C15H15NO6/c1-9-11(15(18)22-16-9)6-10-4-5-12(13(7-10)19-2)21-8-14(17)20-3/h4-7H,8H2,1-3H3/b11-6-. The Labute approximate surface area is 127 Å². The summed E-state index contributed by atoms with van der Waals surface area (Å²) in [4.78, 5) is 27.2. The van der Waals surface area contributed by atoms with Crippen molar-refractivity contribution < 1.29 is 28.6 Å². The third-order valence-corrected chi connectivity index (χ3v) is 2.95. The number of carbonyl (C=O) groups excluding carboxylic acids is 2. The van der Waals surface area contributed by atoms with Crippen LogP contribution in [0.3, 0.4) is 0 Å². The molecule has 2 rings (SSSR count). The molecule has 1 aliphatic rings. The second-order valence-electron chi connectivity index (χ2n) is 4.39. The third kappa shape index (κ3) is 3.43. The number of nitrogens with zero attached hydrogens (tertiary/aromatic N) is 1. The van der Waals surface area contributed by atoms with Crippen molar-refractivity contribution in [2.24, 2.45) is 5.16 Å². The van der Waals surface area contributed by atoms with E-state index in [1.165, 1.54) is 14.2 Å². The van der Waals surface area contributed by atoms with Gasteiger partial charge in [-0.2, -0.15) is 0 Å². The SMILES string of the molecule is COC(=O)COc1ccc(/C=C2\C(=O)ON=C2C)cc1OC. The van der Waals surface area contributed by atoms with Crippen LogP contribution in [0.15, 0.2) is 28.9 Å². The van der Waals surface area contributed by atoms with Crippen molar-refractivity contribution in [1.29, 1.82) is 0 Å². The molecule has 0 N–H and O–H groups in total. The predicted molar refractivity (Wildman–Crippen MR) is 77.7 cm³/mol. The molecule has 0 unspecified atom stereocenters. The summed E-state index contributed by atoms with van der Waals surface area (Å²) < 4.78 is 15.0. The van der Waals surface area contributed by atoms with E-state index in [1.807, 2.05) is 0 Å². The van der Waals surface area contributed by atoms with E-state index >= 15 is 0 Å². The Morgan fingerprint density at radius 1 is 1.32 bits per heavy atom. The summed E-state index contributed by atoms with van der Waals surface area (Å²) >= 11 is 0. The smallest absolute Gasteiger partial charge is 0.367 e. The average Bonchev–Trinajstić information content (AvgIpc) is 2.84.